The average Bonchev–Trinajstić information content (AvgIpc) is 2.54. The number of hydrogen-bond acceptors (Lipinski definition) is 4. The van der Waals surface area contributed by atoms with E-state index in [0.717, 1.165) is 24.0 Å². The molecular weight excluding hydrogens is 421 g/mol. The van der Waals surface area contributed by atoms with Crippen molar-refractivity contribution in [3.05, 3.63) is 29.6 Å². The molecule has 2 heterocycles. The van der Waals surface area contributed by atoms with Crippen LogP contribution in [0.2, 0.25) is 0 Å². The summed E-state index contributed by atoms with van der Waals surface area (Å²) in [5, 5.41) is 3.22. The average molecular weight is 447 g/mol. The number of nitrogens with one attached hydrogen (secondary N) is 1. The van der Waals surface area contributed by atoms with Crippen molar-refractivity contribution in [1.29, 1.82) is 0 Å². The van der Waals surface area contributed by atoms with Crippen molar-refractivity contribution in [2.45, 2.75) is 39.3 Å². The molecule has 0 aromatic carbocycles. The summed E-state index contributed by atoms with van der Waals surface area (Å²) in [6.45, 7) is 6.07. The van der Waals surface area contributed by atoms with Gasteiger partial charge in [0.1, 0.15) is 0 Å². The molecule has 7 nitrogen and oxygen atoms in total. The smallest absolute Gasteiger partial charge is 0.409 e. The SMILES string of the molecule is CCOC(=O)N1CCC(NC(N)=NCc2cncc(C)c2)CC1.I. The van der Waals surface area contributed by atoms with Gasteiger partial charge in [-0.25, -0.2) is 9.79 Å². The Morgan fingerprint density at radius 3 is 2.79 bits per heavy atom. The molecule has 0 unspecified atom stereocenters. The first-order chi connectivity index (χ1) is 11.1. The Morgan fingerprint density at radius 2 is 2.17 bits per heavy atom. The van der Waals surface area contributed by atoms with E-state index < -0.39 is 0 Å². The lowest BCUT2D eigenvalue weighted by Gasteiger charge is -2.31. The first kappa shape index (κ1) is 20.5. The molecule has 1 saturated heterocycles. The Balaban J connectivity index is 0.00000288. The molecule has 0 saturated carbocycles. The molecule has 0 atom stereocenters. The molecule has 0 radical (unpaired) electrons. The van der Waals surface area contributed by atoms with Crippen molar-refractivity contribution in [3.63, 3.8) is 0 Å². The number of carbonyl (C=O) groups excluding carboxylic acids is 1. The zero-order chi connectivity index (χ0) is 16.7. The Bertz CT molecular complexity index is 559. The van der Waals surface area contributed by atoms with Gasteiger partial charge < -0.3 is 20.7 Å². The lowest BCUT2D eigenvalue weighted by Crippen LogP contribution is -2.48. The number of guanidine groups is 1. The fraction of sp³-hybridized carbons (Fsp3) is 0.562. The Hall–Kier alpha value is -1.58. The third kappa shape index (κ3) is 6.50. The molecule has 0 bridgehead atoms. The summed E-state index contributed by atoms with van der Waals surface area (Å²) in [5.41, 5.74) is 8.09. The molecule has 1 aliphatic rings. The number of hydrogen-bond donors (Lipinski definition) is 2. The number of likely N-dealkylation sites (tertiary alicyclic amines) is 1. The molecule has 1 aromatic rings. The summed E-state index contributed by atoms with van der Waals surface area (Å²) in [5.74, 6) is 0.432. The quantitative estimate of drug-likeness (QED) is 0.419. The van der Waals surface area contributed by atoms with Crippen LogP contribution in [0.15, 0.2) is 23.5 Å². The Labute approximate surface area is 160 Å². The molecule has 1 aromatic heterocycles. The van der Waals surface area contributed by atoms with Gasteiger partial charge in [0.2, 0.25) is 0 Å². The molecule has 3 N–H and O–H groups in total. The van der Waals surface area contributed by atoms with Gasteiger partial charge in [-0.05, 0) is 37.8 Å². The summed E-state index contributed by atoms with van der Waals surface area (Å²) >= 11 is 0. The summed E-state index contributed by atoms with van der Waals surface area (Å²) in [6.07, 6.45) is 5.04. The minimum Gasteiger partial charge on any atom is -0.450 e. The molecular formula is C16H26IN5O2. The number of carbonyl (C=O) groups is 1. The molecule has 0 aliphatic carbocycles. The van der Waals surface area contributed by atoms with Crippen molar-refractivity contribution in [1.82, 2.24) is 15.2 Å². The number of piperidine rings is 1. The lowest BCUT2D eigenvalue weighted by atomic mass is 10.1. The first-order valence-corrected chi connectivity index (χ1v) is 7.97. The first-order valence-electron chi connectivity index (χ1n) is 7.97. The number of nitrogens with two attached hydrogens (primary N) is 1. The maximum Gasteiger partial charge on any atom is 0.409 e. The maximum atomic E-state index is 11.6. The van der Waals surface area contributed by atoms with E-state index in [-0.39, 0.29) is 36.1 Å². The topological polar surface area (TPSA) is 92.8 Å². The van der Waals surface area contributed by atoms with Crippen molar-refractivity contribution in [2.75, 3.05) is 19.7 Å². The van der Waals surface area contributed by atoms with E-state index in [9.17, 15) is 4.79 Å². The van der Waals surface area contributed by atoms with Gasteiger partial charge in [0.05, 0.1) is 13.2 Å². The highest BCUT2D eigenvalue weighted by molar-refractivity contribution is 14.0. The summed E-state index contributed by atoms with van der Waals surface area (Å²) in [7, 11) is 0. The van der Waals surface area contributed by atoms with Crippen LogP contribution in [0.25, 0.3) is 0 Å². The maximum absolute atomic E-state index is 11.6. The van der Waals surface area contributed by atoms with Crippen LogP contribution in [0.1, 0.15) is 30.9 Å². The van der Waals surface area contributed by atoms with Crippen LogP contribution < -0.4 is 11.1 Å². The van der Waals surface area contributed by atoms with E-state index >= 15 is 0 Å². The van der Waals surface area contributed by atoms with Crippen LogP contribution in [-0.4, -0.2) is 47.7 Å². The predicted molar refractivity (Wildman–Crippen MR) is 104 cm³/mol. The molecule has 1 fully saturated rings. The van der Waals surface area contributed by atoms with Crippen LogP contribution in [0.5, 0.6) is 0 Å². The van der Waals surface area contributed by atoms with Gasteiger partial charge in [0, 0.05) is 31.5 Å². The van der Waals surface area contributed by atoms with Gasteiger partial charge in [-0.1, -0.05) is 6.07 Å². The van der Waals surface area contributed by atoms with Crippen LogP contribution in [-0.2, 0) is 11.3 Å². The van der Waals surface area contributed by atoms with Crippen molar-refractivity contribution in [3.8, 4) is 0 Å². The van der Waals surface area contributed by atoms with Gasteiger partial charge in [-0.15, -0.1) is 24.0 Å². The van der Waals surface area contributed by atoms with E-state index in [4.69, 9.17) is 10.5 Å². The van der Waals surface area contributed by atoms with E-state index in [1.807, 2.05) is 26.1 Å². The number of aromatic nitrogens is 1. The van der Waals surface area contributed by atoms with Gasteiger partial charge in [-0.2, -0.15) is 0 Å². The predicted octanol–water partition coefficient (Wildman–Crippen LogP) is 2.03. The minimum absolute atomic E-state index is 0. The Morgan fingerprint density at radius 1 is 1.46 bits per heavy atom. The third-order valence-corrected chi connectivity index (χ3v) is 3.74. The number of rotatable bonds is 4. The van der Waals surface area contributed by atoms with Gasteiger partial charge in [-0.3, -0.25) is 4.98 Å². The molecule has 8 heteroatoms. The van der Waals surface area contributed by atoms with Crippen molar-refractivity contribution < 1.29 is 9.53 Å². The van der Waals surface area contributed by atoms with Crippen molar-refractivity contribution in [2.24, 2.45) is 10.7 Å². The molecule has 24 heavy (non-hydrogen) atoms. The van der Waals surface area contributed by atoms with Crippen LogP contribution in [0.4, 0.5) is 4.79 Å². The van der Waals surface area contributed by atoms with Gasteiger partial charge in [0.25, 0.3) is 0 Å². The van der Waals surface area contributed by atoms with Gasteiger partial charge in [0.15, 0.2) is 5.96 Å². The monoisotopic (exact) mass is 447 g/mol. The Kier molecular flexibility index (Phi) is 8.80. The number of aliphatic imine (C=N–C) groups is 1. The second kappa shape index (κ2) is 10.3. The number of pyridine rings is 1. The standard InChI is InChI=1S/C16H25N5O2.HI/c1-3-23-16(22)21-6-4-14(5-7-21)20-15(17)19-11-13-8-12(2)9-18-10-13;/h8-10,14H,3-7,11H2,1-2H3,(H3,17,19,20);1H. The number of amides is 1. The fourth-order valence-corrected chi connectivity index (χ4v) is 2.56. The van der Waals surface area contributed by atoms with E-state index in [0.29, 0.717) is 32.2 Å². The molecule has 1 amide bonds. The second-order valence-electron chi connectivity index (χ2n) is 5.68. The van der Waals surface area contributed by atoms with Crippen LogP contribution >= 0.6 is 24.0 Å². The van der Waals surface area contributed by atoms with Crippen molar-refractivity contribution >= 4 is 36.0 Å². The zero-order valence-corrected chi connectivity index (χ0v) is 16.5. The zero-order valence-electron chi connectivity index (χ0n) is 14.2. The van der Waals surface area contributed by atoms with Crippen LogP contribution in [0.3, 0.4) is 0 Å². The second-order valence-corrected chi connectivity index (χ2v) is 5.68. The lowest BCUT2D eigenvalue weighted by molar-refractivity contribution is 0.0963. The fourth-order valence-electron chi connectivity index (χ4n) is 2.56. The van der Waals surface area contributed by atoms with E-state index in [1.54, 1.807) is 11.1 Å². The summed E-state index contributed by atoms with van der Waals surface area (Å²) in [4.78, 5) is 21.9. The molecule has 134 valence electrons. The minimum atomic E-state index is -0.237. The van der Waals surface area contributed by atoms with Gasteiger partial charge >= 0.3 is 6.09 Å². The van der Waals surface area contributed by atoms with E-state index in [2.05, 4.69) is 15.3 Å². The summed E-state index contributed by atoms with van der Waals surface area (Å²) < 4.78 is 5.01. The highest BCUT2D eigenvalue weighted by Crippen LogP contribution is 2.11. The third-order valence-electron chi connectivity index (χ3n) is 3.74. The largest absolute Gasteiger partial charge is 0.450 e. The summed E-state index contributed by atoms with van der Waals surface area (Å²) in [6, 6.07) is 2.28. The number of nitrogens with zero attached hydrogens (tertiary/aromatic N) is 3. The normalized spacial score (nSPS) is 15.6. The highest BCUT2D eigenvalue weighted by Gasteiger charge is 2.23. The number of halogens is 1. The number of aryl methyl sites for hydroxylation is 1. The molecule has 2 rings (SSSR count). The number of ether oxygens (including phenoxy) is 1. The molecule has 0 spiro atoms. The van der Waals surface area contributed by atoms with Crippen LogP contribution in [0, 0.1) is 6.92 Å². The highest BCUT2D eigenvalue weighted by atomic mass is 127. The molecule has 1 aliphatic heterocycles. The van der Waals surface area contributed by atoms with E-state index in [1.165, 1.54) is 0 Å².